The minimum absolute atomic E-state index is 0.266. The second kappa shape index (κ2) is 5.94. The minimum Gasteiger partial charge on any atom is -0.369 e. The van der Waals surface area contributed by atoms with Crippen molar-refractivity contribution < 1.29 is 9.18 Å². The van der Waals surface area contributed by atoms with E-state index in [1.165, 1.54) is 6.07 Å². The van der Waals surface area contributed by atoms with Crippen LogP contribution in [0.5, 0.6) is 0 Å². The summed E-state index contributed by atoms with van der Waals surface area (Å²) in [4.78, 5) is 14.4. The number of carbonyl (C=O) groups is 1. The first-order valence-corrected chi connectivity index (χ1v) is 7.58. The first kappa shape index (κ1) is 15.4. The highest BCUT2D eigenvalue weighted by molar-refractivity contribution is 5.95. The van der Waals surface area contributed by atoms with Gasteiger partial charge >= 0.3 is 0 Å². The molecule has 122 valence electrons. The standard InChI is InChI=1S/C15H19FN6O/c1-15(2,14-18-20-21-19-14)17-13(23)10-5-6-12(11(16)9-10)22-7-3-4-8-22/h5-6,9H,3-4,7-8H2,1-2H3,(H,17,23)(H,18,19,20,21). The van der Waals surface area contributed by atoms with Gasteiger partial charge in [0.25, 0.3) is 5.91 Å². The van der Waals surface area contributed by atoms with Gasteiger partial charge in [-0.25, -0.2) is 4.39 Å². The molecule has 0 radical (unpaired) electrons. The number of aromatic amines is 1. The van der Waals surface area contributed by atoms with Crippen molar-refractivity contribution in [2.75, 3.05) is 18.0 Å². The molecule has 2 heterocycles. The van der Waals surface area contributed by atoms with E-state index in [-0.39, 0.29) is 17.3 Å². The van der Waals surface area contributed by atoms with Crippen LogP contribution in [0.3, 0.4) is 0 Å². The Morgan fingerprint density at radius 1 is 1.35 bits per heavy atom. The van der Waals surface area contributed by atoms with Gasteiger partial charge < -0.3 is 10.2 Å². The van der Waals surface area contributed by atoms with Crippen molar-refractivity contribution in [1.82, 2.24) is 25.9 Å². The lowest BCUT2D eigenvalue weighted by molar-refractivity contribution is 0.0908. The zero-order chi connectivity index (χ0) is 16.4. The number of tetrazole rings is 1. The monoisotopic (exact) mass is 318 g/mol. The van der Waals surface area contributed by atoms with Crippen molar-refractivity contribution in [2.24, 2.45) is 0 Å². The Balaban J connectivity index is 1.76. The van der Waals surface area contributed by atoms with Gasteiger partial charge in [-0.2, -0.15) is 5.21 Å². The molecule has 1 amide bonds. The molecular weight excluding hydrogens is 299 g/mol. The predicted octanol–water partition coefficient (Wildman–Crippen LogP) is 1.60. The SMILES string of the molecule is CC(C)(NC(=O)c1ccc(N2CCCC2)c(F)c1)c1nn[nH]n1. The molecule has 0 aliphatic carbocycles. The number of benzene rings is 1. The number of aromatic nitrogens is 4. The van der Waals surface area contributed by atoms with Crippen LogP contribution in [0.25, 0.3) is 0 Å². The van der Waals surface area contributed by atoms with E-state index in [0.29, 0.717) is 11.5 Å². The van der Waals surface area contributed by atoms with Crippen LogP contribution in [0.2, 0.25) is 0 Å². The zero-order valence-electron chi connectivity index (χ0n) is 13.1. The predicted molar refractivity (Wildman–Crippen MR) is 82.5 cm³/mol. The zero-order valence-corrected chi connectivity index (χ0v) is 13.1. The second-order valence-corrected chi connectivity index (χ2v) is 6.17. The summed E-state index contributed by atoms with van der Waals surface area (Å²) in [7, 11) is 0. The van der Waals surface area contributed by atoms with Crippen molar-refractivity contribution in [2.45, 2.75) is 32.2 Å². The molecule has 7 nitrogen and oxygen atoms in total. The molecule has 1 saturated heterocycles. The van der Waals surface area contributed by atoms with E-state index < -0.39 is 5.54 Å². The first-order chi connectivity index (χ1) is 11.0. The van der Waals surface area contributed by atoms with Crippen LogP contribution in [0.1, 0.15) is 42.9 Å². The molecule has 8 heteroatoms. The summed E-state index contributed by atoms with van der Waals surface area (Å²) in [5, 5.41) is 16.4. The average Bonchev–Trinajstić information content (AvgIpc) is 3.20. The maximum Gasteiger partial charge on any atom is 0.252 e. The van der Waals surface area contributed by atoms with Crippen molar-refractivity contribution in [1.29, 1.82) is 0 Å². The molecular formula is C15H19FN6O. The van der Waals surface area contributed by atoms with E-state index in [2.05, 4.69) is 25.9 Å². The van der Waals surface area contributed by atoms with Gasteiger partial charge in [0.2, 0.25) is 0 Å². The minimum atomic E-state index is -0.811. The fourth-order valence-corrected chi connectivity index (χ4v) is 2.70. The summed E-state index contributed by atoms with van der Waals surface area (Å²) >= 11 is 0. The number of amides is 1. The third-order valence-electron chi connectivity index (χ3n) is 3.99. The van der Waals surface area contributed by atoms with Gasteiger partial charge in [-0.15, -0.1) is 10.2 Å². The quantitative estimate of drug-likeness (QED) is 0.894. The largest absolute Gasteiger partial charge is 0.369 e. The van der Waals surface area contributed by atoms with Gasteiger partial charge in [0.15, 0.2) is 5.82 Å². The summed E-state index contributed by atoms with van der Waals surface area (Å²) in [6, 6.07) is 4.57. The number of anilines is 1. The van der Waals surface area contributed by atoms with Crippen LogP contribution in [0.4, 0.5) is 10.1 Å². The molecule has 1 aliphatic rings. The molecule has 3 rings (SSSR count). The lowest BCUT2D eigenvalue weighted by atomic mass is 10.0. The highest BCUT2D eigenvalue weighted by Crippen LogP contribution is 2.25. The lowest BCUT2D eigenvalue weighted by Crippen LogP contribution is -2.42. The fraction of sp³-hybridized carbons (Fsp3) is 0.467. The first-order valence-electron chi connectivity index (χ1n) is 7.58. The maximum absolute atomic E-state index is 14.3. The van der Waals surface area contributed by atoms with Crippen LogP contribution in [0, 0.1) is 5.82 Å². The molecule has 1 aromatic heterocycles. The van der Waals surface area contributed by atoms with Crippen LogP contribution in [-0.2, 0) is 5.54 Å². The van der Waals surface area contributed by atoms with Gasteiger partial charge in [0.1, 0.15) is 5.82 Å². The number of nitrogens with one attached hydrogen (secondary N) is 2. The Morgan fingerprint density at radius 3 is 2.70 bits per heavy atom. The summed E-state index contributed by atoms with van der Waals surface area (Å²) in [6.45, 7) is 5.22. The van der Waals surface area contributed by atoms with Gasteiger partial charge in [0, 0.05) is 18.7 Å². The van der Waals surface area contributed by atoms with Crippen LogP contribution < -0.4 is 10.2 Å². The molecule has 0 atom stereocenters. The molecule has 2 aromatic rings. The molecule has 0 unspecified atom stereocenters. The number of rotatable bonds is 4. The number of carbonyl (C=O) groups excluding carboxylic acids is 1. The summed E-state index contributed by atoms with van der Waals surface area (Å²) in [5.41, 5.74) is 0.00672. The highest BCUT2D eigenvalue weighted by Gasteiger charge is 2.28. The van der Waals surface area contributed by atoms with E-state index in [1.807, 2.05) is 4.90 Å². The number of hydrogen-bond acceptors (Lipinski definition) is 5. The van der Waals surface area contributed by atoms with E-state index in [0.717, 1.165) is 25.9 Å². The third-order valence-corrected chi connectivity index (χ3v) is 3.99. The molecule has 0 bridgehead atoms. The number of hydrogen-bond donors (Lipinski definition) is 2. The van der Waals surface area contributed by atoms with Crippen molar-refractivity contribution in [3.05, 3.63) is 35.4 Å². The van der Waals surface area contributed by atoms with Crippen molar-refractivity contribution >= 4 is 11.6 Å². The number of H-pyrrole nitrogens is 1. The van der Waals surface area contributed by atoms with Gasteiger partial charge in [-0.05, 0) is 44.9 Å². The third kappa shape index (κ3) is 3.15. The van der Waals surface area contributed by atoms with Crippen molar-refractivity contribution in [3.63, 3.8) is 0 Å². The fourth-order valence-electron chi connectivity index (χ4n) is 2.70. The van der Waals surface area contributed by atoms with Gasteiger partial charge in [0.05, 0.1) is 11.2 Å². The Hall–Kier alpha value is -2.51. The summed E-state index contributed by atoms with van der Waals surface area (Å²) in [5.74, 6) is -0.399. The Morgan fingerprint density at radius 2 is 2.09 bits per heavy atom. The normalized spacial score (nSPS) is 15.0. The van der Waals surface area contributed by atoms with Crippen LogP contribution in [-0.4, -0.2) is 39.6 Å². The van der Waals surface area contributed by atoms with Gasteiger partial charge in [-0.3, -0.25) is 4.79 Å². The topological polar surface area (TPSA) is 86.8 Å². The smallest absolute Gasteiger partial charge is 0.252 e. The molecule has 1 aromatic carbocycles. The molecule has 0 spiro atoms. The Kier molecular flexibility index (Phi) is 3.97. The maximum atomic E-state index is 14.3. The van der Waals surface area contributed by atoms with E-state index in [4.69, 9.17) is 0 Å². The second-order valence-electron chi connectivity index (χ2n) is 6.17. The Bertz CT molecular complexity index is 694. The van der Waals surface area contributed by atoms with Crippen LogP contribution >= 0.6 is 0 Å². The van der Waals surface area contributed by atoms with Gasteiger partial charge in [-0.1, -0.05) is 5.21 Å². The van der Waals surface area contributed by atoms with Crippen molar-refractivity contribution in [3.8, 4) is 0 Å². The molecule has 23 heavy (non-hydrogen) atoms. The van der Waals surface area contributed by atoms with Crippen LogP contribution in [0.15, 0.2) is 18.2 Å². The molecule has 0 saturated carbocycles. The summed E-state index contributed by atoms with van der Waals surface area (Å²) < 4.78 is 14.3. The lowest BCUT2D eigenvalue weighted by Gasteiger charge is -2.23. The summed E-state index contributed by atoms with van der Waals surface area (Å²) in [6.07, 6.45) is 2.14. The van der Waals surface area contributed by atoms with E-state index in [1.54, 1.807) is 26.0 Å². The highest BCUT2D eigenvalue weighted by atomic mass is 19.1. The van der Waals surface area contributed by atoms with E-state index in [9.17, 15) is 9.18 Å². The number of nitrogens with zero attached hydrogens (tertiary/aromatic N) is 4. The molecule has 1 aliphatic heterocycles. The van der Waals surface area contributed by atoms with E-state index >= 15 is 0 Å². The number of halogens is 1. The molecule has 2 N–H and O–H groups in total. The average molecular weight is 318 g/mol. The Labute approximate surface area is 133 Å². The molecule has 1 fully saturated rings.